The molecule has 108 valence electrons. The fourth-order valence-electron chi connectivity index (χ4n) is 1.60. The minimum absolute atomic E-state index is 0.304. The van der Waals surface area contributed by atoms with Gasteiger partial charge in [0.25, 0.3) is 11.1 Å². The standard InChI is InChI=1S/C15H20N2O2S/c1-5-12(4)20-15-17-16-14(19-15)9-18-13-8-10(2)6-7-11(13)3/h6-8,12H,5,9H2,1-4H3/t12-/m0/s1. The molecule has 0 aliphatic rings. The fraction of sp³-hybridized carbons (Fsp3) is 0.467. The molecule has 1 aromatic heterocycles. The van der Waals surface area contributed by atoms with Crippen LogP contribution in [0.3, 0.4) is 0 Å². The van der Waals surface area contributed by atoms with Crippen molar-refractivity contribution in [1.29, 1.82) is 0 Å². The SMILES string of the molecule is CC[C@H](C)Sc1nnc(COc2cc(C)ccc2C)o1. The molecule has 0 radical (unpaired) electrons. The second-order valence-corrected chi connectivity index (χ2v) is 6.25. The molecule has 0 amide bonds. The second kappa shape index (κ2) is 6.79. The van der Waals surface area contributed by atoms with E-state index in [1.54, 1.807) is 11.8 Å². The van der Waals surface area contributed by atoms with Gasteiger partial charge in [-0.3, -0.25) is 0 Å². The maximum absolute atomic E-state index is 5.74. The number of nitrogens with zero attached hydrogens (tertiary/aromatic N) is 2. The molecule has 1 aromatic carbocycles. The van der Waals surface area contributed by atoms with E-state index in [9.17, 15) is 0 Å². The van der Waals surface area contributed by atoms with Gasteiger partial charge in [0.2, 0.25) is 0 Å². The summed E-state index contributed by atoms with van der Waals surface area (Å²) >= 11 is 1.60. The van der Waals surface area contributed by atoms with Gasteiger partial charge >= 0.3 is 0 Å². The molecule has 2 aromatic rings. The highest BCUT2D eigenvalue weighted by molar-refractivity contribution is 7.99. The molecule has 4 nitrogen and oxygen atoms in total. The number of ether oxygens (including phenoxy) is 1. The van der Waals surface area contributed by atoms with E-state index in [1.165, 1.54) is 5.56 Å². The maximum atomic E-state index is 5.74. The zero-order valence-electron chi connectivity index (χ0n) is 12.3. The van der Waals surface area contributed by atoms with Gasteiger partial charge in [0, 0.05) is 5.25 Å². The lowest BCUT2D eigenvalue weighted by molar-refractivity contribution is 0.250. The van der Waals surface area contributed by atoms with Gasteiger partial charge in [-0.25, -0.2) is 0 Å². The van der Waals surface area contributed by atoms with Gasteiger partial charge in [-0.1, -0.05) is 37.7 Å². The molecule has 20 heavy (non-hydrogen) atoms. The highest BCUT2D eigenvalue weighted by atomic mass is 32.2. The molecule has 5 heteroatoms. The molecule has 0 fully saturated rings. The third kappa shape index (κ3) is 4.00. The van der Waals surface area contributed by atoms with Crippen LogP contribution < -0.4 is 4.74 Å². The van der Waals surface area contributed by atoms with Crippen LogP contribution in [0.15, 0.2) is 27.8 Å². The van der Waals surface area contributed by atoms with Crippen LogP contribution in [0, 0.1) is 13.8 Å². The fourth-order valence-corrected chi connectivity index (χ4v) is 2.35. The number of thioether (sulfide) groups is 1. The minimum atomic E-state index is 0.304. The van der Waals surface area contributed by atoms with Gasteiger partial charge in [-0.2, -0.15) is 0 Å². The molecule has 1 heterocycles. The lowest BCUT2D eigenvalue weighted by Crippen LogP contribution is -1.97. The molecule has 0 aliphatic carbocycles. The van der Waals surface area contributed by atoms with Crippen LogP contribution >= 0.6 is 11.8 Å². The Morgan fingerprint density at radius 2 is 2.10 bits per heavy atom. The predicted molar refractivity (Wildman–Crippen MR) is 80.2 cm³/mol. The van der Waals surface area contributed by atoms with Gasteiger partial charge < -0.3 is 9.15 Å². The quantitative estimate of drug-likeness (QED) is 0.748. The first-order valence-corrected chi connectivity index (χ1v) is 7.65. The Hall–Kier alpha value is -1.49. The Morgan fingerprint density at radius 3 is 2.85 bits per heavy atom. The van der Waals surface area contributed by atoms with E-state index >= 15 is 0 Å². The zero-order valence-corrected chi connectivity index (χ0v) is 13.2. The summed E-state index contributed by atoms with van der Waals surface area (Å²) in [7, 11) is 0. The van der Waals surface area contributed by atoms with Gasteiger partial charge in [0.15, 0.2) is 6.61 Å². The molecule has 0 bridgehead atoms. The summed E-state index contributed by atoms with van der Waals surface area (Å²) in [5.41, 5.74) is 2.27. The van der Waals surface area contributed by atoms with Crippen LogP contribution in [0.4, 0.5) is 0 Å². The normalized spacial score (nSPS) is 12.4. The van der Waals surface area contributed by atoms with Crippen LogP contribution in [-0.4, -0.2) is 15.4 Å². The number of hydrogen-bond acceptors (Lipinski definition) is 5. The van der Waals surface area contributed by atoms with Gasteiger partial charge in [-0.15, -0.1) is 10.2 Å². The van der Waals surface area contributed by atoms with Gasteiger partial charge in [0.1, 0.15) is 5.75 Å². The summed E-state index contributed by atoms with van der Waals surface area (Å²) < 4.78 is 11.3. The van der Waals surface area contributed by atoms with E-state index < -0.39 is 0 Å². The van der Waals surface area contributed by atoms with Crippen molar-refractivity contribution in [3.63, 3.8) is 0 Å². The maximum Gasteiger partial charge on any atom is 0.276 e. The highest BCUT2D eigenvalue weighted by Crippen LogP contribution is 2.24. The molecular weight excluding hydrogens is 272 g/mol. The Morgan fingerprint density at radius 1 is 1.30 bits per heavy atom. The van der Waals surface area contributed by atoms with Crippen LogP contribution in [0.1, 0.15) is 37.3 Å². The van der Waals surface area contributed by atoms with Crippen molar-refractivity contribution in [2.45, 2.75) is 51.2 Å². The van der Waals surface area contributed by atoms with Crippen molar-refractivity contribution >= 4 is 11.8 Å². The number of benzene rings is 1. The highest BCUT2D eigenvalue weighted by Gasteiger charge is 2.11. The van der Waals surface area contributed by atoms with E-state index in [0.717, 1.165) is 17.7 Å². The average molecular weight is 292 g/mol. The molecular formula is C15H20N2O2S. The summed E-state index contributed by atoms with van der Waals surface area (Å²) in [4.78, 5) is 0. The van der Waals surface area contributed by atoms with E-state index in [4.69, 9.17) is 9.15 Å². The largest absolute Gasteiger partial charge is 0.484 e. The third-order valence-electron chi connectivity index (χ3n) is 3.02. The van der Waals surface area contributed by atoms with Crippen molar-refractivity contribution in [1.82, 2.24) is 10.2 Å². The van der Waals surface area contributed by atoms with Crippen molar-refractivity contribution in [3.8, 4) is 5.75 Å². The first-order valence-electron chi connectivity index (χ1n) is 6.77. The van der Waals surface area contributed by atoms with Crippen molar-refractivity contribution < 1.29 is 9.15 Å². The van der Waals surface area contributed by atoms with Crippen molar-refractivity contribution in [3.05, 3.63) is 35.2 Å². The molecule has 0 N–H and O–H groups in total. The summed E-state index contributed by atoms with van der Waals surface area (Å²) in [6.45, 7) is 8.64. The summed E-state index contributed by atoms with van der Waals surface area (Å²) in [5.74, 6) is 1.37. The van der Waals surface area contributed by atoms with Gasteiger partial charge in [0.05, 0.1) is 0 Å². The Kier molecular flexibility index (Phi) is 5.06. The molecule has 0 unspecified atom stereocenters. The zero-order chi connectivity index (χ0) is 14.5. The third-order valence-corrected chi connectivity index (χ3v) is 4.12. The van der Waals surface area contributed by atoms with Crippen molar-refractivity contribution in [2.75, 3.05) is 0 Å². The van der Waals surface area contributed by atoms with Crippen LogP contribution in [0.5, 0.6) is 5.75 Å². The molecule has 2 rings (SSSR count). The van der Waals surface area contributed by atoms with Gasteiger partial charge in [-0.05, 0) is 37.5 Å². The molecule has 1 atom stereocenters. The summed E-state index contributed by atoms with van der Waals surface area (Å²) in [5, 5.41) is 9.12. The topological polar surface area (TPSA) is 48.2 Å². The first-order chi connectivity index (χ1) is 9.58. The van der Waals surface area contributed by atoms with Crippen molar-refractivity contribution in [2.24, 2.45) is 0 Å². The summed E-state index contributed by atoms with van der Waals surface area (Å²) in [6.07, 6.45) is 1.07. The number of aryl methyl sites for hydroxylation is 2. The molecule has 0 spiro atoms. The molecule has 0 saturated heterocycles. The van der Waals surface area contributed by atoms with E-state index in [0.29, 0.717) is 23.0 Å². The smallest absolute Gasteiger partial charge is 0.276 e. The first kappa shape index (κ1) is 14.9. The second-order valence-electron chi connectivity index (χ2n) is 4.86. The van der Waals surface area contributed by atoms with E-state index in [-0.39, 0.29) is 0 Å². The van der Waals surface area contributed by atoms with Crippen LogP contribution in [0.2, 0.25) is 0 Å². The van der Waals surface area contributed by atoms with E-state index in [1.807, 2.05) is 26.0 Å². The minimum Gasteiger partial charge on any atom is -0.484 e. The van der Waals surface area contributed by atoms with Crippen LogP contribution in [0.25, 0.3) is 0 Å². The van der Waals surface area contributed by atoms with Crippen LogP contribution in [-0.2, 0) is 6.61 Å². The average Bonchev–Trinajstić information content (AvgIpc) is 2.87. The Bertz CT molecular complexity index is 569. The number of aromatic nitrogens is 2. The Labute approximate surface area is 123 Å². The molecule has 0 saturated carbocycles. The lowest BCUT2D eigenvalue weighted by Gasteiger charge is -2.07. The number of rotatable bonds is 6. The van der Waals surface area contributed by atoms with E-state index in [2.05, 4.69) is 30.1 Å². The monoisotopic (exact) mass is 292 g/mol. The molecule has 0 aliphatic heterocycles. The number of hydrogen-bond donors (Lipinski definition) is 0. The predicted octanol–water partition coefficient (Wildman–Crippen LogP) is 4.16. The lowest BCUT2D eigenvalue weighted by atomic mass is 10.1. The summed E-state index contributed by atoms with van der Waals surface area (Å²) in [6, 6.07) is 6.12. The Balaban J connectivity index is 1.95.